The van der Waals surface area contributed by atoms with E-state index in [0.717, 1.165) is 0 Å². The van der Waals surface area contributed by atoms with Crippen molar-refractivity contribution in [3.63, 3.8) is 0 Å². The fourth-order valence-electron chi connectivity index (χ4n) is 1.58. The van der Waals surface area contributed by atoms with Gasteiger partial charge in [-0.25, -0.2) is 0 Å². The Labute approximate surface area is 80.3 Å². The first-order valence-corrected chi connectivity index (χ1v) is 4.15. The molecule has 0 aromatic heterocycles. The predicted molar refractivity (Wildman–Crippen MR) is 49.0 cm³/mol. The Bertz CT molecular complexity index is 403. The molecule has 0 aliphatic carbocycles. The van der Waals surface area contributed by atoms with Gasteiger partial charge in [0.15, 0.2) is 11.5 Å². The van der Waals surface area contributed by atoms with Crippen molar-refractivity contribution in [2.45, 2.75) is 6.04 Å². The molecule has 0 saturated carbocycles. The summed E-state index contributed by atoms with van der Waals surface area (Å²) in [6, 6.07) is 2.42. The van der Waals surface area contributed by atoms with Gasteiger partial charge in [-0.2, -0.15) is 0 Å². The molecule has 1 aromatic rings. The number of benzene rings is 1. The van der Waals surface area contributed by atoms with Crippen LogP contribution in [-0.4, -0.2) is 17.6 Å². The quantitative estimate of drug-likeness (QED) is 0.580. The maximum absolute atomic E-state index is 11.0. The molecule has 0 bridgehead atoms. The molecule has 74 valence electrons. The summed E-state index contributed by atoms with van der Waals surface area (Å²) >= 11 is 0. The minimum Gasteiger partial charge on any atom is -0.504 e. The van der Waals surface area contributed by atoms with Crippen LogP contribution in [0.2, 0.25) is 0 Å². The molecule has 2 rings (SSSR count). The Morgan fingerprint density at radius 3 is 2.93 bits per heavy atom. The molecule has 1 amide bonds. The lowest BCUT2D eigenvalue weighted by Gasteiger charge is -2.07. The van der Waals surface area contributed by atoms with Gasteiger partial charge in [0, 0.05) is 11.1 Å². The third-order valence-corrected chi connectivity index (χ3v) is 2.22. The Morgan fingerprint density at radius 1 is 1.57 bits per heavy atom. The Balaban J connectivity index is 2.66. The molecule has 1 aromatic carbocycles. The van der Waals surface area contributed by atoms with Crippen LogP contribution >= 0.6 is 0 Å². The number of hydrogen-bond donors (Lipinski definition) is 3. The molecule has 0 unspecified atom stereocenters. The molecule has 1 heterocycles. The molecule has 0 spiro atoms. The molecule has 5 nitrogen and oxygen atoms in total. The van der Waals surface area contributed by atoms with Crippen LogP contribution in [0.1, 0.15) is 22.0 Å². The highest BCUT2D eigenvalue weighted by molar-refractivity contribution is 5.95. The molecule has 1 atom stereocenters. The second-order valence-corrected chi connectivity index (χ2v) is 3.16. The number of amides is 1. The normalized spacial score (nSPS) is 18.8. The van der Waals surface area contributed by atoms with E-state index in [4.69, 9.17) is 16.2 Å². The van der Waals surface area contributed by atoms with Crippen molar-refractivity contribution in [1.29, 1.82) is 0 Å². The van der Waals surface area contributed by atoms with Crippen LogP contribution in [0.5, 0.6) is 11.5 Å². The number of nitrogens with two attached hydrogens (primary N) is 2. The van der Waals surface area contributed by atoms with Crippen molar-refractivity contribution in [3.8, 4) is 11.5 Å². The third kappa shape index (κ3) is 1.10. The smallest absolute Gasteiger partial charge is 0.249 e. The van der Waals surface area contributed by atoms with Crippen LogP contribution in [0.15, 0.2) is 12.1 Å². The lowest BCUT2D eigenvalue weighted by molar-refractivity contribution is 0.0999. The zero-order chi connectivity index (χ0) is 10.3. The molecule has 1 aliphatic heterocycles. The van der Waals surface area contributed by atoms with Crippen molar-refractivity contribution in [1.82, 2.24) is 0 Å². The van der Waals surface area contributed by atoms with Crippen molar-refractivity contribution >= 4 is 5.91 Å². The summed E-state index contributed by atoms with van der Waals surface area (Å²) in [5.41, 5.74) is 11.7. The molecular formula is C9H10N2O3. The summed E-state index contributed by atoms with van der Waals surface area (Å²) in [5.74, 6) is -0.311. The number of ether oxygens (including phenoxy) is 1. The molecule has 0 saturated heterocycles. The molecule has 0 radical (unpaired) electrons. The first kappa shape index (κ1) is 8.83. The first-order chi connectivity index (χ1) is 6.61. The van der Waals surface area contributed by atoms with Gasteiger partial charge in [-0.15, -0.1) is 0 Å². The summed E-state index contributed by atoms with van der Waals surface area (Å²) < 4.78 is 5.15. The number of primary amides is 1. The van der Waals surface area contributed by atoms with Crippen LogP contribution in [0.4, 0.5) is 0 Å². The minimum atomic E-state index is -0.567. The molecule has 5 N–H and O–H groups in total. The highest BCUT2D eigenvalue weighted by atomic mass is 16.5. The van der Waals surface area contributed by atoms with E-state index in [1.54, 1.807) is 0 Å². The van der Waals surface area contributed by atoms with Crippen LogP contribution < -0.4 is 16.2 Å². The van der Waals surface area contributed by atoms with E-state index < -0.39 is 11.9 Å². The number of fused-ring (bicyclic) bond motifs is 1. The van der Waals surface area contributed by atoms with Gasteiger partial charge in [0.1, 0.15) is 6.61 Å². The molecule has 14 heavy (non-hydrogen) atoms. The largest absolute Gasteiger partial charge is 0.504 e. The number of rotatable bonds is 1. The van der Waals surface area contributed by atoms with Gasteiger partial charge >= 0.3 is 0 Å². The van der Waals surface area contributed by atoms with E-state index in [1.165, 1.54) is 12.1 Å². The lowest BCUT2D eigenvalue weighted by atomic mass is 10.0. The standard InChI is InChI=1S/C9H10N2O3/c10-5-3-14-8-6(12)2-1-4(7(5)8)9(11)13/h1-2,5,12H,3,10H2,(H2,11,13)/t5-/m0/s1. The topological polar surface area (TPSA) is 98.6 Å². The maximum atomic E-state index is 11.0. The highest BCUT2D eigenvalue weighted by Crippen LogP contribution is 2.40. The van der Waals surface area contributed by atoms with Gasteiger partial charge in [0.05, 0.1) is 6.04 Å². The fraction of sp³-hybridized carbons (Fsp3) is 0.222. The van der Waals surface area contributed by atoms with E-state index in [1.807, 2.05) is 0 Å². The van der Waals surface area contributed by atoms with E-state index >= 15 is 0 Å². The van der Waals surface area contributed by atoms with E-state index in [-0.39, 0.29) is 18.1 Å². The number of phenols is 1. The van der Waals surface area contributed by atoms with Crippen LogP contribution in [0.25, 0.3) is 0 Å². The van der Waals surface area contributed by atoms with Crippen LogP contribution in [-0.2, 0) is 0 Å². The third-order valence-electron chi connectivity index (χ3n) is 2.22. The van der Waals surface area contributed by atoms with Gasteiger partial charge < -0.3 is 21.3 Å². The van der Waals surface area contributed by atoms with E-state index in [2.05, 4.69) is 0 Å². The number of carbonyl (C=O) groups is 1. The summed E-state index contributed by atoms with van der Waals surface area (Å²) in [4.78, 5) is 11.0. The number of carbonyl (C=O) groups excluding carboxylic acids is 1. The second kappa shape index (κ2) is 2.88. The Hall–Kier alpha value is -1.75. The van der Waals surface area contributed by atoms with Gasteiger partial charge in [-0.05, 0) is 12.1 Å². The van der Waals surface area contributed by atoms with Crippen LogP contribution in [0.3, 0.4) is 0 Å². The van der Waals surface area contributed by atoms with Crippen LogP contribution in [0, 0.1) is 0 Å². The zero-order valence-electron chi connectivity index (χ0n) is 7.36. The number of hydrogen-bond acceptors (Lipinski definition) is 4. The van der Waals surface area contributed by atoms with Crippen molar-refractivity contribution in [3.05, 3.63) is 23.3 Å². The van der Waals surface area contributed by atoms with Gasteiger partial charge in [-0.3, -0.25) is 4.79 Å². The average molecular weight is 194 g/mol. The maximum Gasteiger partial charge on any atom is 0.249 e. The SMILES string of the molecule is NC(=O)c1ccc(O)c2c1[C@@H](N)CO2. The number of aromatic hydroxyl groups is 1. The molecule has 0 fully saturated rings. The van der Waals surface area contributed by atoms with Gasteiger partial charge in [-0.1, -0.05) is 0 Å². The van der Waals surface area contributed by atoms with Crippen molar-refractivity contribution < 1.29 is 14.6 Å². The van der Waals surface area contributed by atoms with E-state index in [9.17, 15) is 9.90 Å². The van der Waals surface area contributed by atoms with Crippen molar-refractivity contribution in [2.75, 3.05) is 6.61 Å². The Morgan fingerprint density at radius 2 is 2.29 bits per heavy atom. The molecule has 1 aliphatic rings. The van der Waals surface area contributed by atoms with Gasteiger partial charge in [0.2, 0.25) is 5.91 Å². The minimum absolute atomic E-state index is 0.0158. The lowest BCUT2D eigenvalue weighted by Crippen LogP contribution is -2.18. The summed E-state index contributed by atoms with van der Waals surface area (Å²) in [6.07, 6.45) is 0. The zero-order valence-corrected chi connectivity index (χ0v) is 7.36. The monoisotopic (exact) mass is 194 g/mol. The summed E-state index contributed by atoms with van der Waals surface area (Å²) in [6.45, 7) is 0.257. The summed E-state index contributed by atoms with van der Waals surface area (Å²) in [5, 5.41) is 9.42. The van der Waals surface area contributed by atoms with E-state index in [0.29, 0.717) is 11.1 Å². The fourth-order valence-corrected chi connectivity index (χ4v) is 1.58. The number of phenolic OH excluding ortho intramolecular Hbond substituents is 1. The highest BCUT2D eigenvalue weighted by Gasteiger charge is 2.28. The van der Waals surface area contributed by atoms with Gasteiger partial charge in [0.25, 0.3) is 0 Å². The van der Waals surface area contributed by atoms with Crippen molar-refractivity contribution in [2.24, 2.45) is 11.5 Å². The second-order valence-electron chi connectivity index (χ2n) is 3.16. The average Bonchev–Trinajstić information content (AvgIpc) is 2.50. The summed E-state index contributed by atoms with van der Waals surface area (Å²) in [7, 11) is 0. The Kier molecular flexibility index (Phi) is 1.82. The molecular weight excluding hydrogens is 184 g/mol. The first-order valence-electron chi connectivity index (χ1n) is 4.15. The predicted octanol–water partition coefficient (Wildman–Crippen LogP) is -0.117. The molecule has 5 heteroatoms.